The zero-order chi connectivity index (χ0) is 13.9. The molecule has 0 saturated heterocycles. The lowest BCUT2D eigenvalue weighted by Crippen LogP contribution is -2.07. The molecule has 3 rings (SSSR count). The van der Waals surface area contributed by atoms with Crippen LogP contribution in [0.15, 0.2) is 63.0 Å². The third-order valence-electron chi connectivity index (χ3n) is 3.13. The van der Waals surface area contributed by atoms with Gasteiger partial charge in [-0.25, -0.2) is 4.99 Å². The molecule has 100 valence electrons. The Labute approximate surface area is 131 Å². The molecule has 1 atom stereocenters. The molecular weight excluding hydrogens is 336 g/mol. The highest BCUT2D eigenvalue weighted by molar-refractivity contribution is 9.10. The van der Waals surface area contributed by atoms with E-state index in [0.717, 1.165) is 22.3 Å². The highest BCUT2D eigenvalue weighted by Gasteiger charge is 2.16. The molecule has 0 saturated carbocycles. The predicted octanol–water partition coefficient (Wildman–Crippen LogP) is 4.54. The summed E-state index contributed by atoms with van der Waals surface area (Å²) in [5, 5.41) is 0.688. The van der Waals surface area contributed by atoms with Gasteiger partial charge in [-0.1, -0.05) is 51.8 Å². The molecule has 0 bridgehead atoms. The van der Waals surface area contributed by atoms with Crippen LogP contribution in [0.2, 0.25) is 5.02 Å². The zero-order valence-electron chi connectivity index (χ0n) is 10.6. The van der Waals surface area contributed by atoms with Crippen LogP contribution in [-0.2, 0) is 6.42 Å². The van der Waals surface area contributed by atoms with Gasteiger partial charge in [-0.3, -0.25) is 4.99 Å². The fourth-order valence-corrected chi connectivity index (χ4v) is 2.61. The molecule has 0 N–H and O–H groups in total. The maximum absolute atomic E-state index is 6.17. The molecule has 1 unspecified atom stereocenters. The van der Waals surface area contributed by atoms with Crippen LogP contribution in [-0.4, -0.2) is 18.1 Å². The highest BCUT2D eigenvalue weighted by atomic mass is 79.9. The first-order valence-electron chi connectivity index (χ1n) is 6.34. The first-order valence-corrected chi connectivity index (χ1v) is 7.51. The van der Waals surface area contributed by atoms with Crippen molar-refractivity contribution in [1.82, 2.24) is 0 Å². The summed E-state index contributed by atoms with van der Waals surface area (Å²) in [5.74, 6) is 0.720. The number of rotatable bonds is 3. The molecule has 0 amide bonds. The van der Waals surface area contributed by atoms with Gasteiger partial charge in [0.1, 0.15) is 0 Å². The summed E-state index contributed by atoms with van der Waals surface area (Å²) in [6.07, 6.45) is 2.74. The number of amidine groups is 1. The average Bonchev–Trinajstić information content (AvgIpc) is 2.90. The lowest BCUT2D eigenvalue weighted by molar-refractivity contribution is 0.879. The Hall–Kier alpha value is -1.45. The van der Waals surface area contributed by atoms with E-state index in [1.807, 2.05) is 42.6 Å². The molecule has 1 aliphatic heterocycles. The molecule has 2 aromatic carbocycles. The smallest absolute Gasteiger partial charge is 0.156 e. The van der Waals surface area contributed by atoms with Crippen LogP contribution >= 0.6 is 27.5 Å². The number of benzene rings is 2. The van der Waals surface area contributed by atoms with Crippen LogP contribution in [0.4, 0.5) is 0 Å². The second kappa shape index (κ2) is 5.90. The summed E-state index contributed by atoms with van der Waals surface area (Å²) in [6, 6.07) is 16.0. The fraction of sp³-hybridized carbons (Fsp3) is 0.125. The summed E-state index contributed by atoms with van der Waals surface area (Å²) >= 11 is 9.61. The zero-order valence-corrected chi connectivity index (χ0v) is 13.0. The molecule has 2 aromatic rings. The van der Waals surface area contributed by atoms with E-state index in [2.05, 4.69) is 38.0 Å². The van der Waals surface area contributed by atoms with Crippen molar-refractivity contribution in [2.24, 2.45) is 9.98 Å². The molecule has 4 heteroatoms. The highest BCUT2D eigenvalue weighted by Crippen LogP contribution is 2.20. The van der Waals surface area contributed by atoms with Gasteiger partial charge >= 0.3 is 0 Å². The number of halogens is 2. The summed E-state index contributed by atoms with van der Waals surface area (Å²) in [7, 11) is 0. The van der Waals surface area contributed by atoms with E-state index in [9.17, 15) is 0 Å². The van der Waals surface area contributed by atoms with Gasteiger partial charge in [0.05, 0.1) is 11.1 Å². The van der Waals surface area contributed by atoms with Crippen LogP contribution in [0.5, 0.6) is 0 Å². The number of nitrogens with zero attached hydrogens (tertiary/aromatic N) is 2. The van der Waals surface area contributed by atoms with Gasteiger partial charge < -0.3 is 0 Å². The summed E-state index contributed by atoms with van der Waals surface area (Å²) < 4.78 is 1.08. The fourth-order valence-electron chi connectivity index (χ4n) is 2.12. The van der Waals surface area contributed by atoms with Gasteiger partial charge in [-0.15, -0.1) is 0 Å². The Morgan fingerprint density at radius 2 is 1.80 bits per heavy atom. The van der Waals surface area contributed by atoms with Gasteiger partial charge in [-0.2, -0.15) is 0 Å². The Kier molecular flexibility index (Phi) is 3.99. The van der Waals surface area contributed by atoms with Gasteiger partial charge in [0.25, 0.3) is 0 Å². The van der Waals surface area contributed by atoms with Crippen molar-refractivity contribution < 1.29 is 0 Å². The molecule has 1 heterocycles. The molecule has 0 fully saturated rings. The minimum Gasteiger partial charge on any atom is -0.257 e. The molecule has 0 radical (unpaired) electrons. The predicted molar refractivity (Wildman–Crippen MR) is 88.1 cm³/mol. The average molecular weight is 348 g/mol. The van der Waals surface area contributed by atoms with Crippen molar-refractivity contribution in [1.29, 1.82) is 0 Å². The maximum Gasteiger partial charge on any atom is 0.156 e. The largest absolute Gasteiger partial charge is 0.257 e. The van der Waals surface area contributed by atoms with Crippen molar-refractivity contribution in [2.45, 2.75) is 12.5 Å². The second-order valence-electron chi connectivity index (χ2n) is 4.61. The second-order valence-corrected chi connectivity index (χ2v) is 5.93. The molecule has 2 nitrogen and oxygen atoms in total. The Bertz CT molecular complexity index is 677. The minimum absolute atomic E-state index is 0.0856. The van der Waals surface area contributed by atoms with E-state index in [1.54, 1.807) is 0 Å². The first kappa shape index (κ1) is 13.5. The number of hydrogen-bond acceptors (Lipinski definition) is 2. The Balaban J connectivity index is 1.77. The van der Waals surface area contributed by atoms with Crippen molar-refractivity contribution in [2.75, 3.05) is 0 Å². The van der Waals surface area contributed by atoms with E-state index in [-0.39, 0.29) is 6.04 Å². The summed E-state index contributed by atoms with van der Waals surface area (Å²) in [4.78, 5) is 9.03. The van der Waals surface area contributed by atoms with Crippen molar-refractivity contribution in [3.05, 3.63) is 69.2 Å². The van der Waals surface area contributed by atoms with Crippen LogP contribution in [0.25, 0.3) is 0 Å². The van der Waals surface area contributed by atoms with Crippen LogP contribution in [0.3, 0.4) is 0 Å². The van der Waals surface area contributed by atoms with E-state index in [0.29, 0.717) is 5.02 Å². The monoisotopic (exact) mass is 346 g/mol. The van der Waals surface area contributed by atoms with Crippen LogP contribution < -0.4 is 0 Å². The Morgan fingerprint density at radius 1 is 1.05 bits per heavy atom. The van der Waals surface area contributed by atoms with Crippen molar-refractivity contribution in [3.8, 4) is 0 Å². The molecule has 20 heavy (non-hydrogen) atoms. The molecule has 0 aromatic heterocycles. The summed E-state index contributed by atoms with van der Waals surface area (Å²) in [6.45, 7) is 0. The SMILES string of the molecule is Clc1ccccc1C1=NC(Cc2ccc(Br)cc2)C=N1. The first-order chi connectivity index (χ1) is 9.72. The normalized spacial score (nSPS) is 17.3. The van der Waals surface area contributed by atoms with E-state index in [1.165, 1.54) is 5.56 Å². The lowest BCUT2D eigenvalue weighted by atomic mass is 10.1. The molecule has 0 spiro atoms. The van der Waals surface area contributed by atoms with Crippen molar-refractivity contribution >= 4 is 39.6 Å². The third-order valence-corrected chi connectivity index (χ3v) is 3.99. The lowest BCUT2D eigenvalue weighted by Gasteiger charge is -2.04. The van der Waals surface area contributed by atoms with Gasteiger partial charge in [0.15, 0.2) is 5.84 Å². The van der Waals surface area contributed by atoms with Gasteiger partial charge in [0.2, 0.25) is 0 Å². The minimum atomic E-state index is 0.0856. The Morgan fingerprint density at radius 3 is 2.55 bits per heavy atom. The molecular formula is C16H12BrClN2. The maximum atomic E-state index is 6.17. The standard InChI is InChI=1S/C16H12BrClN2/c17-12-7-5-11(6-8-12)9-13-10-19-16(20-13)14-3-1-2-4-15(14)18/h1-8,10,13H,9H2. The molecule has 0 aliphatic carbocycles. The topological polar surface area (TPSA) is 24.7 Å². The van der Waals surface area contributed by atoms with E-state index >= 15 is 0 Å². The van der Waals surface area contributed by atoms with E-state index in [4.69, 9.17) is 11.6 Å². The number of hydrogen-bond donors (Lipinski definition) is 0. The number of aliphatic imine (C=N–C) groups is 2. The summed E-state index contributed by atoms with van der Waals surface area (Å²) in [5.41, 5.74) is 2.14. The third kappa shape index (κ3) is 3.00. The quantitative estimate of drug-likeness (QED) is 0.778. The van der Waals surface area contributed by atoms with Gasteiger partial charge in [0, 0.05) is 16.3 Å². The van der Waals surface area contributed by atoms with Gasteiger partial charge in [-0.05, 0) is 36.2 Å². The van der Waals surface area contributed by atoms with E-state index < -0.39 is 0 Å². The van der Waals surface area contributed by atoms with Crippen molar-refractivity contribution in [3.63, 3.8) is 0 Å². The molecule has 1 aliphatic rings. The van der Waals surface area contributed by atoms with Crippen LogP contribution in [0.1, 0.15) is 11.1 Å². The van der Waals surface area contributed by atoms with Crippen LogP contribution in [0, 0.1) is 0 Å².